The lowest BCUT2D eigenvalue weighted by Crippen LogP contribution is -2.06. The molecule has 0 saturated carbocycles. The number of hydrogen-bond acceptors (Lipinski definition) is 3. The number of nitrogens with two attached hydrogens (primary N) is 1. The number of carboxylic acids is 1. The molecule has 0 spiro atoms. The highest BCUT2D eigenvalue weighted by Crippen LogP contribution is 2.29. The second-order valence-corrected chi connectivity index (χ2v) is 4.83. The fraction of sp³-hybridized carbons (Fsp3) is 0.417. The summed E-state index contributed by atoms with van der Waals surface area (Å²) in [7, 11) is 0. The van der Waals surface area contributed by atoms with E-state index in [0.29, 0.717) is 4.90 Å². The summed E-state index contributed by atoms with van der Waals surface area (Å²) in [4.78, 5) is 11.6. The van der Waals surface area contributed by atoms with Crippen molar-refractivity contribution in [3.05, 3.63) is 23.5 Å². The molecule has 5 heteroatoms. The number of rotatable bonds is 6. The molecular formula is C12H16FNO2S. The molecule has 0 aliphatic rings. The van der Waals surface area contributed by atoms with Crippen LogP contribution < -0.4 is 5.73 Å². The maximum atomic E-state index is 13.2. The summed E-state index contributed by atoms with van der Waals surface area (Å²) in [6.07, 6.45) is 3.22. The van der Waals surface area contributed by atoms with Crippen LogP contribution >= 0.6 is 11.8 Å². The Bertz CT molecular complexity index is 410. The van der Waals surface area contributed by atoms with Crippen molar-refractivity contribution in [2.24, 2.45) is 0 Å². The van der Waals surface area contributed by atoms with E-state index in [0.717, 1.165) is 25.0 Å². The third-order valence-corrected chi connectivity index (χ3v) is 3.52. The van der Waals surface area contributed by atoms with Gasteiger partial charge in [-0.15, -0.1) is 11.8 Å². The van der Waals surface area contributed by atoms with Gasteiger partial charge >= 0.3 is 5.97 Å². The van der Waals surface area contributed by atoms with Crippen LogP contribution in [-0.4, -0.2) is 16.8 Å². The van der Waals surface area contributed by atoms with Gasteiger partial charge < -0.3 is 10.8 Å². The van der Waals surface area contributed by atoms with Gasteiger partial charge in [0.05, 0.1) is 11.3 Å². The molecule has 0 atom stereocenters. The highest BCUT2D eigenvalue weighted by Gasteiger charge is 2.17. The van der Waals surface area contributed by atoms with Crippen molar-refractivity contribution in [3.8, 4) is 0 Å². The fourth-order valence-corrected chi connectivity index (χ4v) is 2.52. The van der Waals surface area contributed by atoms with Gasteiger partial charge in [-0.3, -0.25) is 0 Å². The average Bonchev–Trinajstić information content (AvgIpc) is 2.28. The Kier molecular flexibility index (Phi) is 5.28. The van der Waals surface area contributed by atoms with Gasteiger partial charge in [0.2, 0.25) is 0 Å². The van der Waals surface area contributed by atoms with E-state index >= 15 is 0 Å². The molecule has 94 valence electrons. The van der Waals surface area contributed by atoms with Gasteiger partial charge in [-0.25, -0.2) is 9.18 Å². The summed E-state index contributed by atoms with van der Waals surface area (Å²) in [5.74, 6) is -1.04. The van der Waals surface area contributed by atoms with Crippen molar-refractivity contribution in [1.29, 1.82) is 0 Å². The highest BCUT2D eigenvalue weighted by molar-refractivity contribution is 7.99. The maximum Gasteiger partial charge on any atom is 0.339 e. The van der Waals surface area contributed by atoms with Crippen molar-refractivity contribution in [2.75, 3.05) is 11.5 Å². The number of unbranched alkanes of at least 4 members (excludes halogenated alkanes) is 2. The summed E-state index contributed by atoms with van der Waals surface area (Å²) < 4.78 is 13.2. The molecule has 1 rings (SSSR count). The van der Waals surface area contributed by atoms with Gasteiger partial charge in [0.15, 0.2) is 0 Å². The lowest BCUT2D eigenvalue weighted by molar-refractivity contribution is 0.0694. The molecular weight excluding hydrogens is 241 g/mol. The van der Waals surface area contributed by atoms with Gasteiger partial charge in [0.25, 0.3) is 0 Å². The van der Waals surface area contributed by atoms with E-state index in [2.05, 4.69) is 6.92 Å². The third-order valence-electron chi connectivity index (χ3n) is 2.37. The minimum Gasteiger partial charge on any atom is -0.478 e. The normalized spacial score (nSPS) is 10.5. The number of carbonyl (C=O) groups is 1. The van der Waals surface area contributed by atoms with Gasteiger partial charge in [0.1, 0.15) is 5.82 Å². The zero-order chi connectivity index (χ0) is 12.8. The fourth-order valence-electron chi connectivity index (χ4n) is 1.45. The van der Waals surface area contributed by atoms with E-state index < -0.39 is 11.8 Å². The Balaban J connectivity index is 2.84. The first kappa shape index (κ1) is 13.8. The lowest BCUT2D eigenvalue weighted by Gasteiger charge is -2.08. The van der Waals surface area contributed by atoms with Crippen molar-refractivity contribution >= 4 is 23.4 Å². The number of carboxylic acid groups (broad SMARTS) is 1. The number of halogens is 1. The maximum absolute atomic E-state index is 13.2. The van der Waals surface area contributed by atoms with E-state index in [-0.39, 0.29) is 11.3 Å². The lowest BCUT2D eigenvalue weighted by atomic mass is 10.2. The predicted octanol–water partition coefficient (Wildman–Crippen LogP) is 3.39. The smallest absolute Gasteiger partial charge is 0.339 e. The van der Waals surface area contributed by atoms with Crippen molar-refractivity contribution in [2.45, 2.75) is 31.1 Å². The molecule has 0 unspecified atom stereocenters. The predicted molar refractivity (Wildman–Crippen MR) is 68.0 cm³/mol. The standard InChI is InChI=1S/C12H16FNO2S/c1-2-3-4-7-17-9-6-5-8(13)11(14)10(9)12(15)16/h5-6H,2-4,7,14H2,1H3,(H,15,16). The molecule has 0 saturated heterocycles. The Labute approximate surface area is 104 Å². The highest BCUT2D eigenvalue weighted by atomic mass is 32.2. The number of anilines is 1. The molecule has 1 aromatic carbocycles. The van der Waals surface area contributed by atoms with E-state index in [1.165, 1.54) is 23.9 Å². The van der Waals surface area contributed by atoms with Crippen LogP contribution in [0.3, 0.4) is 0 Å². The van der Waals surface area contributed by atoms with Crippen LogP contribution in [0.25, 0.3) is 0 Å². The van der Waals surface area contributed by atoms with Gasteiger partial charge in [-0.2, -0.15) is 0 Å². The molecule has 0 amide bonds. The Morgan fingerprint density at radius 1 is 1.47 bits per heavy atom. The Morgan fingerprint density at radius 3 is 2.76 bits per heavy atom. The summed E-state index contributed by atoms with van der Waals surface area (Å²) in [5, 5.41) is 9.01. The summed E-state index contributed by atoms with van der Waals surface area (Å²) >= 11 is 1.41. The van der Waals surface area contributed by atoms with Gasteiger partial charge in [0, 0.05) is 4.90 Å². The second-order valence-electron chi connectivity index (χ2n) is 3.69. The van der Waals surface area contributed by atoms with E-state index in [1.807, 2.05) is 0 Å². The quantitative estimate of drug-likeness (QED) is 0.466. The van der Waals surface area contributed by atoms with Gasteiger partial charge in [-0.1, -0.05) is 19.8 Å². The molecule has 1 aromatic rings. The van der Waals surface area contributed by atoms with E-state index in [4.69, 9.17) is 10.8 Å². The van der Waals surface area contributed by atoms with Crippen LogP contribution in [0, 0.1) is 5.82 Å². The Morgan fingerprint density at radius 2 is 2.18 bits per heavy atom. The SMILES string of the molecule is CCCCCSc1ccc(F)c(N)c1C(=O)O. The molecule has 3 nitrogen and oxygen atoms in total. The molecule has 17 heavy (non-hydrogen) atoms. The molecule has 0 fully saturated rings. The first-order chi connectivity index (χ1) is 8.07. The average molecular weight is 257 g/mol. The van der Waals surface area contributed by atoms with Crippen LogP contribution in [0.1, 0.15) is 36.5 Å². The first-order valence-corrected chi connectivity index (χ1v) is 6.50. The third kappa shape index (κ3) is 3.63. The summed E-state index contributed by atoms with van der Waals surface area (Å²) in [6, 6.07) is 2.69. The summed E-state index contributed by atoms with van der Waals surface area (Å²) in [6.45, 7) is 2.10. The van der Waals surface area contributed by atoms with Gasteiger partial charge in [-0.05, 0) is 24.3 Å². The number of hydrogen-bond donors (Lipinski definition) is 2. The second kappa shape index (κ2) is 6.49. The largest absolute Gasteiger partial charge is 0.478 e. The zero-order valence-corrected chi connectivity index (χ0v) is 10.5. The summed E-state index contributed by atoms with van der Waals surface area (Å²) in [5.41, 5.74) is 5.05. The monoisotopic (exact) mass is 257 g/mol. The Hall–Kier alpha value is -1.23. The van der Waals surface area contributed by atoms with Crippen LogP contribution in [0.5, 0.6) is 0 Å². The number of thioether (sulfide) groups is 1. The molecule has 0 radical (unpaired) electrons. The molecule has 0 heterocycles. The van der Waals surface area contributed by atoms with Crippen LogP contribution in [-0.2, 0) is 0 Å². The number of benzene rings is 1. The van der Waals surface area contributed by atoms with Crippen LogP contribution in [0.15, 0.2) is 17.0 Å². The molecule has 0 aliphatic heterocycles. The minimum absolute atomic E-state index is 0.119. The molecule has 3 N–H and O–H groups in total. The van der Waals surface area contributed by atoms with E-state index in [1.54, 1.807) is 0 Å². The molecule has 0 aliphatic carbocycles. The zero-order valence-electron chi connectivity index (χ0n) is 9.70. The van der Waals surface area contributed by atoms with Crippen molar-refractivity contribution in [3.63, 3.8) is 0 Å². The van der Waals surface area contributed by atoms with Crippen molar-refractivity contribution in [1.82, 2.24) is 0 Å². The number of nitrogen functional groups attached to an aromatic ring is 1. The van der Waals surface area contributed by atoms with E-state index in [9.17, 15) is 9.18 Å². The van der Waals surface area contributed by atoms with Crippen LogP contribution in [0.2, 0.25) is 0 Å². The minimum atomic E-state index is -1.18. The number of aromatic carboxylic acids is 1. The van der Waals surface area contributed by atoms with Crippen LogP contribution in [0.4, 0.5) is 10.1 Å². The van der Waals surface area contributed by atoms with Crippen molar-refractivity contribution < 1.29 is 14.3 Å². The first-order valence-electron chi connectivity index (χ1n) is 5.52. The topological polar surface area (TPSA) is 63.3 Å². The molecule has 0 bridgehead atoms. The molecule has 0 aromatic heterocycles.